The number of anilines is 1. The van der Waals surface area contributed by atoms with Crippen LogP contribution in [0.5, 0.6) is 0 Å². The van der Waals surface area contributed by atoms with Gasteiger partial charge in [0.05, 0.1) is 20.0 Å². The van der Waals surface area contributed by atoms with Gasteiger partial charge in [-0.1, -0.05) is 22.6 Å². The van der Waals surface area contributed by atoms with Gasteiger partial charge in [-0.3, -0.25) is 4.79 Å². The van der Waals surface area contributed by atoms with Crippen LogP contribution >= 0.6 is 22.7 Å². The van der Waals surface area contributed by atoms with Gasteiger partial charge in [-0.25, -0.2) is 13.4 Å². The number of carbonyl (C=O) groups excluding carboxylic acids is 1. The van der Waals surface area contributed by atoms with E-state index in [-0.39, 0.29) is 17.2 Å². The van der Waals surface area contributed by atoms with E-state index in [9.17, 15) is 13.2 Å². The first kappa shape index (κ1) is 18.7. The van der Waals surface area contributed by atoms with Crippen molar-refractivity contribution >= 4 is 53.8 Å². The minimum absolute atomic E-state index is 0.163. The second-order valence-electron chi connectivity index (χ2n) is 5.96. The molecule has 11 heteroatoms. The molecule has 28 heavy (non-hydrogen) atoms. The number of thiazole rings is 1. The first-order chi connectivity index (χ1) is 13.4. The largest absolute Gasteiger partial charge is 0.339 e. The van der Waals surface area contributed by atoms with Crippen LogP contribution in [0, 0.1) is 0 Å². The van der Waals surface area contributed by atoms with Crippen molar-refractivity contribution in [1.82, 2.24) is 15.1 Å². The molecule has 4 rings (SSSR count). The smallest absolute Gasteiger partial charge is 0.227 e. The third-order valence-electron chi connectivity index (χ3n) is 3.81. The zero-order chi connectivity index (χ0) is 19.7. The molecule has 0 aliphatic rings. The van der Waals surface area contributed by atoms with Gasteiger partial charge in [0.15, 0.2) is 15.0 Å². The summed E-state index contributed by atoms with van der Waals surface area (Å²) < 4.78 is 29.2. The number of aromatic nitrogens is 3. The normalized spacial score (nSPS) is 11.8. The molecule has 3 aromatic heterocycles. The second-order valence-corrected chi connectivity index (χ2v) is 9.95. The molecule has 1 N–H and O–H groups in total. The van der Waals surface area contributed by atoms with Crippen LogP contribution < -0.4 is 5.32 Å². The van der Waals surface area contributed by atoms with Gasteiger partial charge in [0, 0.05) is 19.1 Å². The van der Waals surface area contributed by atoms with E-state index >= 15 is 0 Å². The highest BCUT2D eigenvalue weighted by atomic mass is 32.2. The fourth-order valence-electron chi connectivity index (χ4n) is 2.45. The second kappa shape index (κ2) is 7.41. The van der Waals surface area contributed by atoms with Gasteiger partial charge in [-0.05, 0) is 29.6 Å². The van der Waals surface area contributed by atoms with Gasteiger partial charge >= 0.3 is 0 Å². The number of hydrogen-bond donors (Lipinski definition) is 1. The Hall–Kier alpha value is -2.63. The Morgan fingerprint density at radius 2 is 2.11 bits per heavy atom. The average molecular weight is 435 g/mol. The van der Waals surface area contributed by atoms with Gasteiger partial charge < -0.3 is 9.84 Å². The Morgan fingerprint density at radius 1 is 1.25 bits per heavy atom. The van der Waals surface area contributed by atoms with E-state index in [1.165, 1.54) is 28.7 Å². The van der Waals surface area contributed by atoms with Crippen LogP contribution in [0.15, 0.2) is 45.1 Å². The Balaban J connectivity index is 1.40. The molecule has 0 spiro atoms. The lowest BCUT2D eigenvalue weighted by atomic mass is 10.3. The summed E-state index contributed by atoms with van der Waals surface area (Å²) in [5.74, 6) is 0.664. The van der Waals surface area contributed by atoms with E-state index in [1.54, 1.807) is 12.1 Å². The van der Waals surface area contributed by atoms with Gasteiger partial charge in [-0.15, -0.1) is 11.3 Å². The zero-order valence-electron chi connectivity index (χ0n) is 14.6. The van der Waals surface area contributed by atoms with Crippen LogP contribution in [0.25, 0.3) is 20.9 Å². The summed E-state index contributed by atoms with van der Waals surface area (Å²) in [6, 6.07) is 8.49. The van der Waals surface area contributed by atoms with Crippen LogP contribution in [-0.4, -0.2) is 35.7 Å². The van der Waals surface area contributed by atoms with Crippen LogP contribution in [-0.2, 0) is 21.1 Å². The van der Waals surface area contributed by atoms with Gasteiger partial charge in [0.2, 0.25) is 17.6 Å². The SMILES string of the molecule is CS(=O)(=O)c1ccc2nc(NC(=O)CCc3nc(-c4cccs4)no3)sc2c1. The molecular weight excluding hydrogens is 420 g/mol. The molecule has 0 unspecified atom stereocenters. The van der Waals surface area contributed by atoms with Crippen molar-refractivity contribution in [2.45, 2.75) is 17.7 Å². The highest BCUT2D eigenvalue weighted by Gasteiger charge is 2.14. The van der Waals surface area contributed by atoms with E-state index in [0.717, 1.165) is 11.1 Å². The van der Waals surface area contributed by atoms with Crippen molar-refractivity contribution in [3.63, 3.8) is 0 Å². The molecule has 144 valence electrons. The quantitative estimate of drug-likeness (QED) is 0.494. The van der Waals surface area contributed by atoms with E-state index in [1.807, 2.05) is 17.5 Å². The summed E-state index contributed by atoms with van der Waals surface area (Å²) in [5.41, 5.74) is 0.630. The maximum atomic E-state index is 12.2. The van der Waals surface area contributed by atoms with Crippen molar-refractivity contribution in [3.05, 3.63) is 41.6 Å². The molecule has 0 saturated carbocycles. The number of nitrogens with zero attached hydrogens (tertiary/aromatic N) is 3. The first-order valence-corrected chi connectivity index (χ1v) is 11.7. The summed E-state index contributed by atoms with van der Waals surface area (Å²) in [4.78, 5) is 21.9. The Kier molecular flexibility index (Phi) is 4.96. The first-order valence-electron chi connectivity index (χ1n) is 8.15. The van der Waals surface area contributed by atoms with Crippen molar-refractivity contribution in [2.24, 2.45) is 0 Å². The van der Waals surface area contributed by atoms with Gasteiger partial charge in [0.25, 0.3) is 0 Å². The summed E-state index contributed by atoms with van der Waals surface area (Å²) in [5, 5.41) is 8.97. The molecular formula is C17H14N4O4S3. The molecule has 1 amide bonds. The number of thiophene rings is 1. The molecule has 1 aromatic carbocycles. The van der Waals surface area contributed by atoms with Crippen LogP contribution in [0.2, 0.25) is 0 Å². The van der Waals surface area contributed by atoms with E-state index in [4.69, 9.17) is 4.52 Å². The predicted octanol–water partition coefficient (Wildman–Crippen LogP) is 3.38. The number of aryl methyl sites for hydroxylation is 1. The standard InChI is InChI=1S/C17H14N4O4S3/c1-28(23,24)10-4-5-11-13(9-10)27-17(18-11)19-14(22)6-7-15-20-16(21-25-15)12-3-2-8-26-12/h2-5,8-9H,6-7H2,1H3,(H,18,19,22). The number of sulfone groups is 1. The maximum absolute atomic E-state index is 12.2. The topological polar surface area (TPSA) is 115 Å². The Labute approximate surface area is 168 Å². The summed E-state index contributed by atoms with van der Waals surface area (Å²) in [6.07, 6.45) is 1.63. The number of fused-ring (bicyclic) bond motifs is 1. The number of rotatable bonds is 6. The molecule has 0 saturated heterocycles. The predicted molar refractivity (Wildman–Crippen MR) is 107 cm³/mol. The zero-order valence-corrected chi connectivity index (χ0v) is 17.0. The summed E-state index contributed by atoms with van der Waals surface area (Å²) in [6.45, 7) is 0. The number of nitrogens with one attached hydrogen (secondary N) is 1. The van der Waals surface area contributed by atoms with Crippen molar-refractivity contribution in [1.29, 1.82) is 0 Å². The number of hydrogen-bond acceptors (Lipinski definition) is 9. The molecule has 0 fully saturated rings. The van der Waals surface area contributed by atoms with Gasteiger partial charge in [0.1, 0.15) is 0 Å². The summed E-state index contributed by atoms with van der Waals surface area (Å²) >= 11 is 2.73. The van der Waals surface area contributed by atoms with Crippen molar-refractivity contribution < 1.29 is 17.7 Å². The van der Waals surface area contributed by atoms with E-state index in [2.05, 4.69) is 20.4 Å². The molecule has 4 aromatic rings. The summed E-state index contributed by atoms with van der Waals surface area (Å²) in [7, 11) is -3.29. The highest BCUT2D eigenvalue weighted by molar-refractivity contribution is 7.90. The minimum Gasteiger partial charge on any atom is -0.339 e. The van der Waals surface area contributed by atoms with E-state index < -0.39 is 9.84 Å². The number of carbonyl (C=O) groups is 1. The molecule has 0 radical (unpaired) electrons. The Bertz CT molecular complexity index is 1240. The lowest BCUT2D eigenvalue weighted by Gasteiger charge is -1.98. The maximum Gasteiger partial charge on any atom is 0.227 e. The van der Waals surface area contributed by atoms with Crippen molar-refractivity contribution in [3.8, 4) is 10.7 Å². The molecule has 0 atom stereocenters. The molecule has 0 aliphatic heterocycles. The van der Waals surface area contributed by atoms with Crippen LogP contribution in [0.4, 0.5) is 5.13 Å². The average Bonchev–Trinajstić information content (AvgIpc) is 3.37. The number of benzene rings is 1. The van der Waals surface area contributed by atoms with Gasteiger partial charge in [-0.2, -0.15) is 4.98 Å². The molecule has 8 nitrogen and oxygen atoms in total. The third-order valence-corrected chi connectivity index (χ3v) is 6.72. The lowest BCUT2D eigenvalue weighted by Crippen LogP contribution is -2.12. The fraction of sp³-hybridized carbons (Fsp3) is 0.176. The third kappa shape index (κ3) is 4.11. The highest BCUT2D eigenvalue weighted by Crippen LogP contribution is 2.28. The molecule has 3 heterocycles. The molecule has 0 aliphatic carbocycles. The lowest BCUT2D eigenvalue weighted by molar-refractivity contribution is -0.116. The number of amides is 1. The van der Waals surface area contributed by atoms with Crippen LogP contribution in [0.3, 0.4) is 0 Å². The van der Waals surface area contributed by atoms with Crippen molar-refractivity contribution in [2.75, 3.05) is 11.6 Å². The van der Waals surface area contributed by atoms with Crippen LogP contribution in [0.1, 0.15) is 12.3 Å². The Morgan fingerprint density at radius 3 is 2.86 bits per heavy atom. The fourth-order valence-corrected chi connectivity index (χ4v) is 4.75. The minimum atomic E-state index is -3.29. The molecule has 0 bridgehead atoms. The monoisotopic (exact) mass is 434 g/mol. The van der Waals surface area contributed by atoms with E-state index in [0.29, 0.717) is 33.5 Å².